The van der Waals surface area contributed by atoms with E-state index in [-0.39, 0.29) is 11.5 Å². The van der Waals surface area contributed by atoms with E-state index in [9.17, 15) is 4.79 Å². The van der Waals surface area contributed by atoms with Crippen LogP contribution in [0.1, 0.15) is 29.9 Å². The lowest BCUT2D eigenvalue weighted by atomic mass is 9.86. The summed E-state index contributed by atoms with van der Waals surface area (Å²) in [4.78, 5) is 21.2. The summed E-state index contributed by atoms with van der Waals surface area (Å²) in [5.74, 6) is 1.03. The predicted octanol–water partition coefficient (Wildman–Crippen LogP) is 1.01. The van der Waals surface area contributed by atoms with Gasteiger partial charge in [-0.2, -0.15) is 0 Å². The molecule has 25 heavy (non-hydrogen) atoms. The molecular weight excluding hydrogens is 320 g/mol. The summed E-state index contributed by atoms with van der Waals surface area (Å²) in [7, 11) is 5.72. The number of hydrogen-bond donors (Lipinski definition) is 0. The number of rotatable bonds is 6. The first-order valence-electron chi connectivity index (χ1n) is 9.11. The van der Waals surface area contributed by atoms with E-state index >= 15 is 0 Å². The van der Waals surface area contributed by atoms with Crippen molar-refractivity contribution >= 4 is 5.91 Å². The highest BCUT2D eigenvalue weighted by atomic mass is 16.5. The number of nitrogens with zero attached hydrogens (tertiary/aromatic N) is 4. The Hall–Kier alpha value is -1.44. The smallest absolute Gasteiger partial charge is 0.289 e. The lowest BCUT2D eigenvalue weighted by Gasteiger charge is -2.39. The molecule has 7 nitrogen and oxygen atoms in total. The molecule has 2 saturated heterocycles. The number of carbonyl (C=O) groups is 1. The molecule has 2 atom stereocenters. The van der Waals surface area contributed by atoms with Crippen LogP contribution < -0.4 is 0 Å². The third-order valence-corrected chi connectivity index (χ3v) is 5.37. The largest absolute Gasteiger partial charge is 0.383 e. The van der Waals surface area contributed by atoms with Crippen LogP contribution in [0.5, 0.6) is 0 Å². The molecule has 2 aliphatic rings. The zero-order valence-corrected chi connectivity index (χ0v) is 15.6. The molecule has 0 aliphatic carbocycles. The number of carbonyl (C=O) groups excluding carboxylic acids is 1. The average Bonchev–Trinajstić information content (AvgIpc) is 3.19. The summed E-state index contributed by atoms with van der Waals surface area (Å²) in [5.41, 5.74) is -0.175. The molecule has 140 valence electrons. The van der Waals surface area contributed by atoms with Gasteiger partial charge in [0.25, 0.3) is 5.91 Å². The summed E-state index contributed by atoms with van der Waals surface area (Å²) in [5, 5.41) is 0. The molecule has 3 heterocycles. The summed E-state index contributed by atoms with van der Waals surface area (Å²) in [6.45, 7) is 4.94. The highest BCUT2D eigenvalue weighted by Crippen LogP contribution is 2.38. The van der Waals surface area contributed by atoms with Crippen LogP contribution in [-0.4, -0.2) is 84.4 Å². The number of aromatic nitrogens is 2. The first kappa shape index (κ1) is 18.4. The summed E-state index contributed by atoms with van der Waals surface area (Å²) in [6.07, 6.45) is 6.53. The third-order valence-electron chi connectivity index (χ3n) is 5.37. The van der Waals surface area contributed by atoms with Crippen molar-refractivity contribution in [1.29, 1.82) is 0 Å². The second-order valence-corrected chi connectivity index (χ2v) is 7.51. The Morgan fingerprint density at radius 2 is 2.40 bits per heavy atom. The highest BCUT2D eigenvalue weighted by molar-refractivity contribution is 5.91. The van der Waals surface area contributed by atoms with Crippen LogP contribution >= 0.6 is 0 Å². The number of methoxy groups -OCH3 is 1. The van der Waals surface area contributed by atoms with Gasteiger partial charge in [0.2, 0.25) is 0 Å². The Labute approximate surface area is 149 Å². The van der Waals surface area contributed by atoms with Crippen LogP contribution in [0.2, 0.25) is 0 Å². The van der Waals surface area contributed by atoms with Gasteiger partial charge in [0.05, 0.1) is 25.4 Å². The SMILES string of the molecule is COCCN(C)C[C@H]1CO[C@]2(CCCN(C(=O)c3nccn3C)C2)C1. The van der Waals surface area contributed by atoms with Gasteiger partial charge in [-0.1, -0.05) is 0 Å². The fraction of sp³-hybridized carbons (Fsp3) is 0.778. The zero-order chi connectivity index (χ0) is 17.9. The van der Waals surface area contributed by atoms with E-state index in [1.54, 1.807) is 17.9 Å². The molecule has 0 bridgehead atoms. The van der Waals surface area contributed by atoms with Crippen molar-refractivity contribution in [2.24, 2.45) is 13.0 Å². The van der Waals surface area contributed by atoms with Gasteiger partial charge in [-0.05, 0) is 32.2 Å². The molecule has 0 radical (unpaired) electrons. The monoisotopic (exact) mass is 350 g/mol. The molecule has 1 amide bonds. The van der Waals surface area contributed by atoms with Crippen molar-refractivity contribution in [2.45, 2.75) is 24.9 Å². The molecule has 0 N–H and O–H groups in total. The van der Waals surface area contributed by atoms with E-state index < -0.39 is 0 Å². The highest BCUT2D eigenvalue weighted by Gasteiger charge is 2.45. The van der Waals surface area contributed by atoms with E-state index in [4.69, 9.17) is 9.47 Å². The van der Waals surface area contributed by atoms with E-state index in [2.05, 4.69) is 16.9 Å². The molecule has 1 spiro atoms. The van der Waals surface area contributed by atoms with Gasteiger partial charge in [-0.3, -0.25) is 4.79 Å². The summed E-state index contributed by atoms with van der Waals surface area (Å²) >= 11 is 0. The van der Waals surface area contributed by atoms with Crippen LogP contribution in [0, 0.1) is 5.92 Å². The second-order valence-electron chi connectivity index (χ2n) is 7.51. The van der Waals surface area contributed by atoms with Crippen LogP contribution in [0.3, 0.4) is 0 Å². The van der Waals surface area contributed by atoms with E-state index in [0.717, 1.165) is 52.1 Å². The normalized spacial score (nSPS) is 26.7. The fourth-order valence-corrected chi connectivity index (χ4v) is 4.10. The number of likely N-dealkylation sites (tertiary alicyclic amines) is 1. The zero-order valence-electron chi connectivity index (χ0n) is 15.6. The lowest BCUT2D eigenvalue weighted by Crippen LogP contribution is -2.50. The van der Waals surface area contributed by atoms with E-state index in [1.165, 1.54) is 0 Å². The van der Waals surface area contributed by atoms with Gasteiger partial charge in [-0.15, -0.1) is 0 Å². The molecule has 3 rings (SSSR count). The number of likely N-dealkylation sites (N-methyl/N-ethyl adjacent to an activating group) is 1. The van der Waals surface area contributed by atoms with Crippen LogP contribution in [0.25, 0.3) is 0 Å². The van der Waals surface area contributed by atoms with Crippen molar-refractivity contribution in [3.63, 3.8) is 0 Å². The quantitative estimate of drug-likeness (QED) is 0.766. The minimum atomic E-state index is -0.175. The lowest BCUT2D eigenvalue weighted by molar-refractivity contribution is -0.0453. The van der Waals surface area contributed by atoms with Crippen molar-refractivity contribution < 1.29 is 14.3 Å². The van der Waals surface area contributed by atoms with Crippen LogP contribution in [0.15, 0.2) is 12.4 Å². The van der Waals surface area contributed by atoms with Crippen LogP contribution in [-0.2, 0) is 16.5 Å². The number of imidazole rings is 1. The maximum Gasteiger partial charge on any atom is 0.289 e. The van der Waals surface area contributed by atoms with Gasteiger partial charge in [-0.25, -0.2) is 4.98 Å². The van der Waals surface area contributed by atoms with Gasteiger partial charge >= 0.3 is 0 Å². The second kappa shape index (κ2) is 7.85. The molecule has 2 fully saturated rings. The Morgan fingerprint density at radius 1 is 1.56 bits per heavy atom. The Kier molecular flexibility index (Phi) is 5.76. The maximum absolute atomic E-state index is 12.8. The number of hydrogen-bond acceptors (Lipinski definition) is 5. The van der Waals surface area contributed by atoms with Crippen molar-refractivity contribution in [3.05, 3.63) is 18.2 Å². The van der Waals surface area contributed by atoms with Gasteiger partial charge in [0, 0.05) is 46.2 Å². The number of amides is 1. The predicted molar refractivity (Wildman–Crippen MR) is 94.5 cm³/mol. The summed E-state index contributed by atoms with van der Waals surface area (Å²) < 4.78 is 13.2. The summed E-state index contributed by atoms with van der Waals surface area (Å²) in [6, 6.07) is 0. The number of ether oxygens (including phenoxy) is 2. The molecule has 7 heteroatoms. The Morgan fingerprint density at radius 3 is 3.12 bits per heavy atom. The number of piperidine rings is 1. The molecule has 1 aromatic rings. The topological polar surface area (TPSA) is 59.8 Å². The van der Waals surface area contributed by atoms with E-state index in [1.807, 2.05) is 18.1 Å². The first-order chi connectivity index (χ1) is 12.0. The molecule has 1 aromatic heterocycles. The van der Waals surface area contributed by atoms with Crippen LogP contribution in [0.4, 0.5) is 0 Å². The minimum Gasteiger partial charge on any atom is -0.383 e. The molecule has 0 aromatic carbocycles. The van der Waals surface area contributed by atoms with Crippen molar-refractivity contribution in [3.8, 4) is 0 Å². The fourth-order valence-electron chi connectivity index (χ4n) is 4.10. The van der Waals surface area contributed by atoms with Crippen molar-refractivity contribution in [2.75, 3.05) is 53.6 Å². The van der Waals surface area contributed by atoms with Gasteiger partial charge in [0.1, 0.15) is 0 Å². The van der Waals surface area contributed by atoms with Gasteiger partial charge in [0.15, 0.2) is 5.82 Å². The molecule has 0 unspecified atom stereocenters. The maximum atomic E-state index is 12.8. The van der Waals surface area contributed by atoms with Gasteiger partial charge < -0.3 is 23.8 Å². The molecular formula is C18H30N4O3. The van der Waals surface area contributed by atoms with E-state index in [0.29, 0.717) is 18.3 Å². The first-order valence-corrected chi connectivity index (χ1v) is 9.11. The van der Waals surface area contributed by atoms with Crippen molar-refractivity contribution in [1.82, 2.24) is 19.4 Å². The minimum absolute atomic E-state index is 0.0100. The molecule has 2 aliphatic heterocycles. The Bertz CT molecular complexity index is 591. The standard InChI is InChI=1S/C18H30N4O3/c1-20(9-10-24-3)12-15-11-18(25-13-15)5-4-7-22(14-18)17(23)16-19-6-8-21(16)2/h6,8,15H,4-5,7,9-14H2,1-3H3/t15-,18+/m0/s1. The number of aryl methyl sites for hydroxylation is 1. The third kappa shape index (κ3) is 4.22. The average molecular weight is 350 g/mol. The molecule has 0 saturated carbocycles. The Balaban J connectivity index is 1.58.